The van der Waals surface area contributed by atoms with Crippen molar-refractivity contribution in [2.75, 3.05) is 7.11 Å². The second kappa shape index (κ2) is 8.17. The van der Waals surface area contributed by atoms with E-state index in [1.165, 1.54) is 11.6 Å². The Balaban J connectivity index is 1.39. The summed E-state index contributed by atoms with van der Waals surface area (Å²) in [7, 11) is 1.69. The highest BCUT2D eigenvalue weighted by molar-refractivity contribution is 5.85. The van der Waals surface area contributed by atoms with Gasteiger partial charge in [-0.1, -0.05) is 18.2 Å². The SMILES string of the molecule is COc1ccc(CC2CCC(Oc3cc(C)nc4c(F)cccc34)CC2)cc1. The van der Waals surface area contributed by atoms with E-state index < -0.39 is 0 Å². The molecule has 4 heteroatoms. The van der Waals surface area contributed by atoms with Crippen LogP contribution in [0, 0.1) is 18.7 Å². The minimum Gasteiger partial charge on any atom is -0.497 e. The molecule has 28 heavy (non-hydrogen) atoms. The maximum Gasteiger partial charge on any atom is 0.149 e. The van der Waals surface area contributed by atoms with Crippen molar-refractivity contribution >= 4 is 10.9 Å². The molecule has 2 aromatic carbocycles. The van der Waals surface area contributed by atoms with Crippen molar-refractivity contribution in [3.8, 4) is 11.5 Å². The third-order valence-electron chi connectivity index (χ3n) is 5.65. The maximum atomic E-state index is 14.1. The Bertz CT molecular complexity index is 947. The molecule has 0 unspecified atom stereocenters. The lowest BCUT2D eigenvalue weighted by Gasteiger charge is -2.29. The molecule has 1 fully saturated rings. The molecule has 0 aliphatic heterocycles. The summed E-state index contributed by atoms with van der Waals surface area (Å²) in [6, 6.07) is 15.3. The summed E-state index contributed by atoms with van der Waals surface area (Å²) in [5, 5.41) is 0.756. The summed E-state index contributed by atoms with van der Waals surface area (Å²) in [5.74, 6) is 2.04. The quantitative estimate of drug-likeness (QED) is 0.555. The van der Waals surface area contributed by atoms with E-state index in [1.807, 2.05) is 31.2 Å². The molecular formula is C24H26FNO2. The second-order valence-corrected chi connectivity index (χ2v) is 7.71. The highest BCUT2D eigenvalue weighted by Gasteiger charge is 2.23. The first-order valence-corrected chi connectivity index (χ1v) is 9.98. The minimum atomic E-state index is -0.297. The molecule has 0 radical (unpaired) electrons. The van der Waals surface area contributed by atoms with Crippen molar-refractivity contribution in [1.82, 2.24) is 4.98 Å². The molecule has 0 N–H and O–H groups in total. The van der Waals surface area contributed by atoms with Crippen LogP contribution in [0.1, 0.15) is 36.9 Å². The summed E-state index contributed by atoms with van der Waals surface area (Å²) >= 11 is 0. The van der Waals surface area contributed by atoms with E-state index in [2.05, 4.69) is 17.1 Å². The van der Waals surface area contributed by atoms with E-state index in [9.17, 15) is 4.39 Å². The lowest BCUT2D eigenvalue weighted by atomic mass is 9.83. The van der Waals surface area contributed by atoms with Gasteiger partial charge in [0.05, 0.1) is 13.2 Å². The van der Waals surface area contributed by atoms with Gasteiger partial charge in [-0.3, -0.25) is 0 Å². The van der Waals surface area contributed by atoms with Crippen LogP contribution in [0.3, 0.4) is 0 Å². The van der Waals surface area contributed by atoms with Gasteiger partial charge in [0.2, 0.25) is 0 Å². The Kier molecular flexibility index (Phi) is 5.47. The average Bonchev–Trinajstić information content (AvgIpc) is 2.71. The van der Waals surface area contributed by atoms with E-state index in [0.717, 1.165) is 54.7 Å². The van der Waals surface area contributed by atoms with Crippen LogP contribution in [0.2, 0.25) is 0 Å². The van der Waals surface area contributed by atoms with Crippen molar-refractivity contribution in [2.24, 2.45) is 5.92 Å². The smallest absolute Gasteiger partial charge is 0.149 e. The predicted molar refractivity (Wildman–Crippen MR) is 110 cm³/mol. The van der Waals surface area contributed by atoms with Gasteiger partial charge in [0, 0.05) is 17.1 Å². The number of methoxy groups -OCH3 is 1. The summed E-state index contributed by atoms with van der Waals surface area (Å²) in [6.07, 6.45) is 5.62. The number of halogens is 1. The normalized spacial score (nSPS) is 19.5. The number of para-hydroxylation sites is 1. The zero-order valence-electron chi connectivity index (χ0n) is 16.5. The first-order chi connectivity index (χ1) is 13.6. The number of hydrogen-bond donors (Lipinski definition) is 0. The molecule has 0 spiro atoms. The van der Waals surface area contributed by atoms with Crippen molar-refractivity contribution in [3.05, 3.63) is 65.6 Å². The molecule has 3 nitrogen and oxygen atoms in total. The van der Waals surface area contributed by atoms with Gasteiger partial charge in [-0.2, -0.15) is 0 Å². The number of hydrogen-bond acceptors (Lipinski definition) is 3. The number of fused-ring (bicyclic) bond motifs is 1. The highest BCUT2D eigenvalue weighted by atomic mass is 19.1. The van der Waals surface area contributed by atoms with Crippen molar-refractivity contribution in [2.45, 2.75) is 45.1 Å². The zero-order chi connectivity index (χ0) is 19.5. The summed E-state index contributed by atoms with van der Waals surface area (Å²) in [5.41, 5.74) is 2.53. The summed E-state index contributed by atoms with van der Waals surface area (Å²) < 4.78 is 25.6. The number of pyridine rings is 1. The lowest BCUT2D eigenvalue weighted by molar-refractivity contribution is 0.132. The molecule has 1 aromatic heterocycles. The molecule has 146 valence electrons. The first-order valence-electron chi connectivity index (χ1n) is 9.98. The predicted octanol–water partition coefficient (Wildman–Crippen LogP) is 5.87. The molecule has 1 aliphatic carbocycles. The Morgan fingerprint density at radius 2 is 1.79 bits per heavy atom. The number of ether oxygens (including phenoxy) is 2. The van der Waals surface area contributed by atoms with Crippen LogP contribution < -0.4 is 9.47 Å². The zero-order valence-corrected chi connectivity index (χ0v) is 16.5. The highest BCUT2D eigenvalue weighted by Crippen LogP contribution is 2.33. The number of benzene rings is 2. The lowest BCUT2D eigenvalue weighted by Crippen LogP contribution is -2.25. The fraction of sp³-hybridized carbons (Fsp3) is 0.375. The van der Waals surface area contributed by atoms with Crippen molar-refractivity contribution in [3.63, 3.8) is 0 Å². The molecule has 1 saturated carbocycles. The van der Waals surface area contributed by atoms with E-state index in [0.29, 0.717) is 11.4 Å². The van der Waals surface area contributed by atoms with Crippen LogP contribution in [0.4, 0.5) is 4.39 Å². The number of rotatable bonds is 5. The van der Waals surface area contributed by atoms with E-state index in [4.69, 9.17) is 9.47 Å². The molecule has 1 heterocycles. The van der Waals surface area contributed by atoms with Crippen LogP contribution in [0.25, 0.3) is 10.9 Å². The number of nitrogens with zero attached hydrogens (tertiary/aromatic N) is 1. The molecule has 4 rings (SSSR count). The van der Waals surface area contributed by atoms with Crippen LogP contribution >= 0.6 is 0 Å². The topological polar surface area (TPSA) is 31.4 Å². The van der Waals surface area contributed by atoms with E-state index >= 15 is 0 Å². The van der Waals surface area contributed by atoms with Gasteiger partial charge in [0.1, 0.15) is 22.8 Å². The molecular weight excluding hydrogens is 353 g/mol. The van der Waals surface area contributed by atoms with Gasteiger partial charge in [-0.25, -0.2) is 9.37 Å². The third kappa shape index (κ3) is 4.11. The molecule has 0 amide bonds. The Morgan fingerprint density at radius 3 is 2.50 bits per heavy atom. The van der Waals surface area contributed by atoms with Crippen LogP contribution in [0.5, 0.6) is 11.5 Å². The van der Waals surface area contributed by atoms with Crippen molar-refractivity contribution in [1.29, 1.82) is 0 Å². The van der Waals surface area contributed by atoms with Crippen LogP contribution in [-0.2, 0) is 6.42 Å². The average molecular weight is 379 g/mol. The van der Waals surface area contributed by atoms with Gasteiger partial charge in [0.25, 0.3) is 0 Å². The Hall–Kier alpha value is -2.62. The molecule has 3 aromatic rings. The van der Waals surface area contributed by atoms with Gasteiger partial charge < -0.3 is 9.47 Å². The van der Waals surface area contributed by atoms with Gasteiger partial charge >= 0.3 is 0 Å². The van der Waals surface area contributed by atoms with Gasteiger partial charge in [-0.15, -0.1) is 0 Å². The fourth-order valence-electron chi connectivity index (χ4n) is 4.13. The fourth-order valence-corrected chi connectivity index (χ4v) is 4.13. The third-order valence-corrected chi connectivity index (χ3v) is 5.65. The Morgan fingerprint density at radius 1 is 1.04 bits per heavy atom. The molecule has 0 saturated heterocycles. The number of aryl methyl sites for hydroxylation is 1. The second-order valence-electron chi connectivity index (χ2n) is 7.71. The van der Waals surface area contributed by atoms with Gasteiger partial charge in [-0.05, 0) is 74.8 Å². The largest absolute Gasteiger partial charge is 0.497 e. The standard InChI is InChI=1S/C24H26FNO2/c1-16-14-23(21-4-3-5-22(25)24(21)26-16)28-20-12-8-18(9-13-20)15-17-6-10-19(27-2)11-7-17/h3-7,10-11,14,18,20H,8-9,12-13,15H2,1-2H3. The monoisotopic (exact) mass is 379 g/mol. The van der Waals surface area contributed by atoms with Crippen molar-refractivity contribution < 1.29 is 13.9 Å². The minimum absolute atomic E-state index is 0.181. The molecule has 0 atom stereocenters. The van der Waals surface area contributed by atoms with Crippen LogP contribution in [-0.4, -0.2) is 18.2 Å². The Labute approximate surface area is 165 Å². The summed E-state index contributed by atoms with van der Waals surface area (Å²) in [4.78, 5) is 4.34. The number of aromatic nitrogens is 1. The molecule has 0 bridgehead atoms. The summed E-state index contributed by atoms with van der Waals surface area (Å²) in [6.45, 7) is 1.88. The maximum absolute atomic E-state index is 14.1. The van der Waals surface area contributed by atoms with Gasteiger partial charge in [0.15, 0.2) is 0 Å². The molecule has 1 aliphatic rings. The first kappa shape index (κ1) is 18.7. The van der Waals surface area contributed by atoms with E-state index in [-0.39, 0.29) is 11.9 Å². The van der Waals surface area contributed by atoms with E-state index in [1.54, 1.807) is 13.2 Å². The van der Waals surface area contributed by atoms with Crippen LogP contribution in [0.15, 0.2) is 48.5 Å².